The van der Waals surface area contributed by atoms with Crippen molar-refractivity contribution in [3.63, 3.8) is 0 Å². The molecule has 0 aliphatic carbocycles. The van der Waals surface area contributed by atoms with Gasteiger partial charge in [-0.05, 0) is 38.5 Å². The van der Waals surface area contributed by atoms with E-state index in [1.54, 1.807) is 25.1 Å². The minimum absolute atomic E-state index is 0.0551. The lowest BCUT2D eigenvalue weighted by atomic mass is 9.95. The van der Waals surface area contributed by atoms with E-state index in [4.69, 9.17) is 25.8 Å². The lowest BCUT2D eigenvalue weighted by Crippen LogP contribution is -2.45. The highest BCUT2D eigenvalue weighted by Crippen LogP contribution is 2.32. The van der Waals surface area contributed by atoms with Gasteiger partial charge in [-0.2, -0.15) is 0 Å². The molecule has 0 saturated heterocycles. The smallest absolute Gasteiger partial charge is 0.338 e. The van der Waals surface area contributed by atoms with E-state index in [1.807, 2.05) is 13.8 Å². The number of urea groups is 1. The molecular weight excluding hydrogens is 360 g/mol. The first-order valence-electron chi connectivity index (χ1n) is 8.24. The summed E-state index contributed by atoms with van der Waals surface area (Å²) in [6.07, 6.45) is 0.0551. The molecule has 0 unspecified atom stereocenters. The Kier molecular flexibility index (Phi) is 6.88. The molecule has 8 heteroatoms. The first kappa shape index (κ1) is 20.1. The lowest BCUT2D eigenvalue weighted by molar-refractivity contribution is -0.141. The number of rotatable bonds is 7. The van der Waals surface area contributed by atoms with Crippen molar-refractivity contribution in [2.45, 2.75) is 32.9 Å². The monoisotopic (exact) mass is 382 g/mol. The third kappa shape index (κ3) is 4.89. The van der Waals surface area contributed by atoms with Gasteiger partial charge in [0.1, 0.15) is 12.4 Å². The number of carbonyl (C=O) groups is 2. The average molecular weight is 383 g/mol. The quantitative estimate of drug-likeness (QED) is 0.559. The molecule has 142 valence electrons. The summed E-state index contributed by atoms with van der Waals surface area (Å²) in [6.45, 7) is 5.88. The van der Waals surface area contributed by atoms with Crippen LogP contribution in [0.1, 0.15) is 32.4 Å². The van der Waals surface area contributed by atoms with Gasteiger partial charge in [0.05, 0.1) is 36.5 Å². The molecule has 0 spiro atoms. The number of esters is 1. The summed E-state index contributed by atoms with van der Waals surface area (Å²) in [5, 5.41) is 5.71. The van der Waals surface area contributed by atoms with Crippen LogP contribution in [0.2, 0.25) is 5.02 Å². The van der Waals surface area contributed by atoms with Gasteiger partial charge in [0.25, 0.3) is 0 Å². The summed E-state index contributed by atoms with van der Waals surface area (Å²) in [5.74, 6) is -0.0226. The average Bonchev–Trinajstić information content (AvgIpc) is 2.57. The van der Waals surface area contributed by atoms with E-state index in [2.05, 4.69) is 10.6 Å². The van der Waals surface area contributed by atoms with Crippen LogP contribution in [0.15, 0.2) is 29.5 Å². The van der Waals surface area contributed by atoms with Gasteiger partial charge in [0.2, 0.25) is 0 Å². The van der Waals surface area contributed by atoms with Crippen LogP contribution in [0.4, 0.5) is 4.79 Å². The van der Waals surface area contributed by atoms with Crippen molar-refractivity contribution in [2.75, 3.05) is 20.3 Å². The molecule has 2 N–H and O–H groups in total. The number of hydrogen-bond acceptors (Lipinski definition) is 5. The molecule has 0 radical (unpaired) electrons. The van der Waals surface area contributed by atoms with Gasteiger partial charge < -0.3 is 24.8 Å². The van der Waals surface area contributed by atoms with E-state index in [0.717, 1.165) is 0 Å². The molecule has 1 aromatic carbocycles. The number of carbonyl (C=O) groups excluding carboxylic acids is 2. The van der Waals surface area contributed by atoms with E-state index in [0.29, 0.717) is 34.2 Å². The van der Waals surface area contributed by atoms with E-state index >= 15 is 0 Å². The summed E-state index contributed by atoms with van der Waals surface area (Å²) < 4.78 is 15.8. The number of halogens is 1. The van der Waals surface area contributed by atoms with Crippen molar-refractivity contribution in [3.8, 4) is 5.75 Å². The van der Waals surface area contributed by atoms with Crippen molar-refractivity contribution >= 4 is 23.6 Å². The summed E-state index contributed by atoms with van der Waals surface area (Å²) in [5.41, 5.74) is 1.39. The second kappa shape index (κ2) is 8.91. The molecule has 2 rings (SSSR count). The van der Waals surface area contributed by atoms with E-state index < -0.39 is 18.0 Å². The van der Waals surface area contributed by atoms with Gasteiger partial charge >= 0.3 is 12.0 Å². The topological polar surface area (TPSA) is 85.9 Å². The summed E-state index contributed by atoms with van der Waals surface area (Å²) in [6, 6.07) is 3.99. The highest BCUT2D eigenvalue weighted by molar-refractivity contribution is 6.32. The molecule has 1 aliphatic rings. The van der Waals surface area contributed by atoms with Crippen LogP contribution in [0.3, 0.4) is 0 Å². The maximum absolute atomic E-state index is 12.6. The molecule has 1 aromatic rings. The Morgan fingerprint density at radius 3 is 2.65 bits per heavy atom. The number of allylic oxidation sites excluding steroid dienone is 1. The molecule has 1 atom stereocenters. The van der Waals surface area contributed by atoms with Crippen molar-refractivity contribution in [2.24, 2.45) is 0 Å². The third-order valence-corrected chi connectivity index (χ3v) is 4.06. The number of nitrogens with one attached hydrogen (secondary N) is 2. The Morgan fingerprint density at radius 1 is 1.31 bits per heavy atom. The first-order valence-corrected chi connectivity index (χ1v) is 8.61. The van der Waals surface area contributed by atoms with Crippen molar-refractivity contribution < 1.29 is 23.8 Å². The highest BCUT2D eigenvalue weighted by Gasteiger charge is 2.32. The van der Waals surface area contributed by atoms with Crippen molar-refractivity contribution in [1.29, 1.82) is 0 Å². The van der Waals surface area contributed by atoms with Gasteiger partial charge in [-0.3, -0.25) is 0 Å². The molecule has 0 bridgehead atoms. The fourth-order valence-electron chi connectivity index (χ4n) is 2.57. The largest absolute Gasteiger partial charge is 0.495 e. The Hall–Kier alpha value is -2.25. The lowest BCUT2D eigenvalue weighted by Gasteiger charge is -2.28. The fourth-order valence-corrected chi connectivity index (χ4v) is 2.84. The number of ether oxygens (including phenoxy) is 3. The van der Waals surface area contributed by atoms with Crippen molar-refractivity contribution in [1.82, 2.24) is 10.6 Å². The molecule has 1 heterocycles. The predicted octanol–water partition coefficient (Wildman–Crippen LogP) is 2.94. The Balaban J connectivity index is 2.22. The van der Waals surface area contributed by atoms with Crippen LogP contribution in [0, 0.1) is 0 Å². The van der Waals surface area contributed by atoms with Gasteiger partial charge in [-0.15, -0.1) is 0 Å². The number of amides is 2. The Morgan fingerprint density at radius 2 is 2.04 bits per heavy atom. The molecule has 7 nitrogen and oxygen atoms in total. The zero-order valence-corrected chi connectivity index (χ0v) is 16.0. The number of methoxy groups -OCH3 is 1. The first-order chi connectivity index (χ1) is 12.3. The van der Waals surface area contributed by atoms with Gasteiger partial charge in [-0.25, -0.2) is 9.59 Å². The van der Waals surface area contributed by atoms with Gasteiger partial charge in [0, 0.05) is 5.70 Å². The van der Waals surface area contributed by atoms with Crippen molar-refractivity contribution in [3.05, 3.63) is 40.1 Å². The standard InChI is InChI=1S/C18H23ClN2O5/c1-10(2)25-7-8-26-17(22)15-11(3)20-18(23)21-16(15)12-5-6-14(24-4)13(19)9-12/h5-6,9-10,16H,7-8H2,1-4H3,(H2,20,21,23)/t16-/m1/s1. The molecular formula is C18H23ClN2O5. The van der Waals surface area contributed by atoms with Crippen LogP contribution >= 0.6 is 11.6 Å². The fraction of sp³-hybridized carbons (Fsp3) is 0.444. The molecule has 0 aromatic heterocycles. The van der Waals surface area contributed by atoms with Crippen LogP contribution in [-0.2, 0) is 14.3 Å². The minimum Gasteiger partial charge on any atom is -0.495 e. The number of benzene rings is 1. The van der Waals surface area contributed by atoms with Crippen LogP contribution < -0.4 is 15.4 Å². The Labute approximate surface area is 157 Å². The third-order valence-electron chi connectivity index (χ3n) is 3.77. The van der Waals surface area contributed by atoms with E-state index in [9.17, 15) is 9.59 Å². The Bertz CT molecular complexity index is 718. The minimum atomic E-state index is -0.675. The molecule has 26 heavy (non-hydrogen) atoms. The SMILES string of the molecule is COc1ccc([C@H]2NC(=O)NC(C)=C2C(=O)OCCOC(C)C)cc1Cl. The molecule has 0 fully saturated rings. The predicted molar refractivity (Wildman–Crippen MR) is 97.2 cm³/mol. The normalized spacial score (nSPS) is 17.0. The van der Waals surface area contributed by atoms with Gasteiger partial charge in [0.15, 0.2) is 0 Å². The zero-order valence-electron chi connectivity index (χ0n) is 15.2. The van der Waals surface area contributed by atoms with Gasteiger partial charge in [-0.1, -0.05) is 17.7 Å². The maximum Gasteiger partial charge on any atom is 0.338 e. The van der Waals surface area contributed by atoms with E-state index in [-0.39, 0.29) is 12.7 Å². The molecule has 1 aliphatic heterocycles. The number of hydrogen-bond donors (Lipinski definition) is 2. The highest BCUT2D eigenvalue weighted by atomic mass is 35.5. The zero-order chi connectivity index (χ0) is 19.3. The second-order valence-electron chi connectivity index (χ2n) is 6.02. The summed E-state index contributed by atoms with van der Waals surface area (Å²) in [4.78, 5) is 24.4. The van der Waals surface area contributed by atoms with Crippen LogP contribution in [0.25, 0.3) is 0 Å². The summed E-state index contributed by atoms with van der Waals surface area (Å²) >= 11 is 6.18. The molecule has 0 saturated carbocycles. The summed E-state index contributed by atoms with van der Waals surface area (Å²) in [7, 11) is 1.51. The van der Waals surface area contributed by atoms with Crippen LogP contribution in [0.5, 0.6) is 5.75 Å². The maximum atomic E-state index is 12.6. The van der Waals surface area contributed by atoms with E-state index in [1.165, 1.54) is 7.11 Å². The second-order valence-corrected chi connectivity index (χ2v) is 6.43. The molecule has 2 amide bonds. The van der Waals surface area contributed by atoms with Crippen LogP contribution in [-0.4, -0.2) is 38.4 Å².